The van der Waals surface area contributed by atoms with Crippen LogP contribution in [0.3, 0.4) is 0 Å². The number of hydrogen-bond acceptors (Lipinski definition) is 2. The van der Waals surface area contributed by atoms with E-state index in [9.17, 15) is 0 Å². The Morgan fingerprint density at radius 1 is 1.31 bits per heavy atom. The molecule has 0 amide bonds. The molecule has 0 spiro atoms. The largest absolute Gasteiger partial charge is 0.314 e. The Morgan fingerprint density at radius 2 is 1.92 bits per heavy atom. The van der Waals surface area contributed by atoms with E-state index in [1.807, 2.05) is 23.0 Å². The van der Waals surface area contributed by atoms with Gasteiger partial charge < -0.3 is 7.97 Å². The summed E-state index contributed by atoms with van der Waals surface area (Å²) in [6.07, 6.45) is 5.55. The molecule has 0 saturated heterocycles. The second-order valence-corrected chi connectivity index (χ2v) is 4.83. The van der Waals surface area contributed by atoms with Crippen LogP contribution in [0.15, 0.2) is 0 Å². The van der Waals surface area contributed by atoms with Crippen molar-refractivity contribution in [3.63, 3.8) is 0 Å². The molecule has 1 saturated carbocycles. The van der Waals surface area contributed by atoms with Crippen LogP contribution in [-0.4, -0.2) is 31.1 Å². The number of nitrogens with zero attached hydrogens (tertiary/aromatic N) is 1. The van der Waals surface area contributed by atoms with E-state index in [0.29, 0.717) is 0 Å². The van der Waals surface area contributed by atoms with E-state index in [1.165, 1.54) is 25.7 Å². The Hall–Kier alpha value is 0.650. The van der Waals surface area contributed by atoms with Gasteiger partial charge in [0.25, 0.3) is 0 Å². The van der Waals surface area contributed by atoms with Crippen LogP contribution in [0.4, 0.5) is 0 Å². The topological polar surface area (TPSA) is 12.5 Å². The van der Waals surface area contributed by atoms with Gasteiger partial charge in [0.1, 0.15) is 23.0 Å². The van der Waals surface area contributed by atoms with Gasteiger partial charge >= 0.3 is 0 Å². The summed E-state index contributed by atoms with van der Waals surface area (Å²) < 4.78 is 5.05. The maximum Gasteiger partial charge on any atom is 0.109 e. The molecule has 3 heteroatoms. The lowest BCUT2D eigenvalue weighted by Gasteiger charge is -2.33. The van der Waals surface area contributed by atoms with Crippen LogP contribution in [0.1, 0.15) is 32.6 Å². The molecule has 1 fully saturated rings. The van der Waals surface area contributed by atoms with Gasteiger partial charge in [-0.15, -0.1) is 0 Å². The van der Waals surface area contributed by atoms with Gasteiger partial charge in [0, 0.05) is 12.6 Å². The highest BCUT2D eigenvalue weighted by molar-refractivity contribution is 14.1. The molecule has 78 valence electrons. The van der Waals surface area contributed by atoms with Crippen LogP contribution in [-0.2, 0) is 3.07 Å². The molecular formula is C10H20INO. The highest BCUT2D eigenvalue weighted by Crippen LogP contribution is 2.26. The highest BCUT2D eigenvalue weighted by Gasteiger charge is 2.20. The van der Waals surface area contributed by atoms with E-state index in [4.69, 9.17) is 3.07 Å². The lowest BCUT2D eigenvalue weighted by molar-refractivity contribution is 0.156. The van der Waals surface area contributed by atoms with Crippen molar-refractivity contribution in [2.75, 3.05) is 20.2 Å². The second kappa shape index (κ2) is 6.19. The van der Waals surface area contributed by atoms with Gasteiger partial charge in [-0.1, -0.05) is 6.92 Å². The Kier molecular flexibility index (Phi) is 5.58. The molecule has 0 aromatic carbocycles. The fraction of sp³-hybridized carbons (Fsp3) is 1.00. The van der Waals surface area contributed by atoms with E-state index in [0.717, 1.165) is 25.1 Å². The number of rotatable bonds is 4. The number of likely N-dealkylation sites (N-methyl/N-ethyl adjacent to an activating group) is 1. The quantitative estimate of drug-likeness (QED) is 0.740. The first-order valence-electron chi connectivity index (χ1n) is 5.17. The van der Waals surface area contributed by atoms with Crippen LogP contribution >= 0.6 is 23.0 Å². The first kappa shape index (κ1) is 11.7. The van der Waals surface area contributed by atoms with Gasteiger partial charge in [0.2, 0.25) is 0 Å². The number of hydrogen-bond donors (Lipinski definition) is 0. The second-order valence-electron chi connectivity index (χ2n) is 4.21. The first-order chi connectivity index (χ1) is 6.24. The maximum absolute atomic E-state index is 5.05. The zero-order valence-corrected chi connectivity index (χ0v) is 10.8. The van der Waals surface area contributed by atoms with Gasteiger partial charge in [-0.2, -0.15) is 0 Å². The van der Waals surface area contributed by atoms with E-state index >= 15 is 0 Å². The molecule has 0 heterocycles. The van der Waals surface area contributed by atoms with E-state index in [-0.39, 0.29) is 0 Å². The van der Waals surface area contributed by atoms with Gasteiger partial charge in [0.05, 0.1) is 6.61 Å². The predicted octanol–water partition coefficient (Wildman–Crippen LogP) is 2.86. The van der Waals surface area contributed by atoms with E-state index < -0.39 is 0 Å². The minimum absolute atomic E-state index is 0.808. The fourth-order valence-electron chi connectivity index (χ4n) is 2.04. The minimum Gasteiger partial charge on any atom is -0.314 e. The fourth-order valence-corrected chi connectivity index (χ4v) is 2.24. The summed E-state index contributed by atoms with van der Waals surface area (Å²) in [7, 11) is 2.22. The third-order valence-electron chi connectivity index (χ3n) is 3.13. The molecule has 13 heavy (non-hydrogen) atoms. The average Bonchev–Trinajstić information content (AvgIpc) is 2.15. The zero-order valence-electron chi connectivity index (χ0n) is 8.63. The molecule has 0 aromatic heterocycles. The predicted molar refractivity (Wildman–Crippen MR) is 64.0 cm³/mol. The van der Waals surface area contributed by atoms with Crippen LogP contribution in [0.2, 0.25) is 0 Å². The monoisotopic (exact) mass is 297 g/mol. The minimum atomic E-state index is 0.808. The molecule has 1 aliphatic carbocycles. The highest BCUT2D eigenvalue weighted by atomic mass is 127. The van der Waals surface area contributed by atoms with Gasteiger partial charge in [-0.25, -0.2) is 0 Å². The lowest BCUT2D eigenvalue weighted by Crippen LogP contribution is -2.36. The Morgan fingerprint density at radius 3 is 2.46 bits per heavy atom. The van der Waals surface area contributed by atoms with Crippen molar-refractivity contribution in [1.82, 2.24) is 4.90 Å². The SMILES string of the molecule is CC1CCC(N(C)CCOI)CC1. The van der Waals surface area contributed by atoms with Gasteiger partial charge in [0.15, 0.2) is 0 Å². The maximum atomic E-state index is 5.05. The van der Waals surface area contributed by atoms with Crippen LogP contribution in [0, 0.1) is 5.92 Å². The Labute approximate surface area is 95.7 Å². The van der Waals surface area contributed by atoms with E-state index in [1.54, 1.807) is 0 Å². The molecule has 0 unspecified atom stereocenters. The standard InChI is InChI=1S/C10H20INO/c1-9-3-5-10(6-4-9)12(2)7-8-13-11/h9-10H,3-8H2,1-2H3. The summed E-state index contributed by atoms with van der Waals surface area (Å²) in [5, 5.41) is 0. The molecular weight excluding hydrogens is 277 g/mol. The molecule has 0 aromatic rings. The van der Waals surface area contributed by atoms with Crippen molar-refractivity contribution >= 4 is 23.0 Å². The third kappa shape index (κ3) is 4.13. The van der Waals surface area contributed by atoms with Crippen LogP contribution < -0.4 is 0 Å². The lowest BCUT2D eigenvalue weighted by atomic mass is 9.87. The zero-order chi connectivity index (χ0) is 9.68. The summed E-state index contributed by atoms with van der Waals surface area (Å²) in [4.78, 5) is 2.45. The smallest absolute Gasteiger partial charge is 0.109 e. The third-order valence-corrected chi connectivity index (χ3v) is 3.57. The molecule has 2 nitrogen and oxygen atoms in total. The van der Waals surface area contributed by atoms with Crippen LogP contribution in [0.25, 0.3) is 0 Å². The van der Waals surface area contributed by atoms with Crippen molar-refractivity contribution < 1.29 is 3.07 Å². The normalized spacial score (nSPS) is 29.5. The van der Waals surface area contributed by atoms with Crippen molar-refractivity contribution in [2.24, 2.45) is 5.92 Å². The molecule has 0 aliphatic heterocycles. The Balaban J connectivity index is 2.19. The van der Waals surface area contributed by atoms with E-state index in [2.05, 4.69) is 18.9 Å². The molecule has 0 N–H and O–H groups in total. The molecule has 0 atom stereocenters. The van der Waals surface area contributed by atoms with Crippen molar-refractivity contribution in [1.29, 1.82) is 0 Å². The summed E-state index contributed by atoms with van der Waals surface area (Å²) in [5.41, 5.74) is 0. The van der Waals surface area contributed by atoms with Crippen molar-refractivity contribution in [3.05, 3.63) is 0 Å². The molecule has 1 aliphatic rings. The summed E-state index contributed by atoms with van der Waals surface area (Å²) in [6.45, 7) is 4.29. The molecule has 0 radical (unpaired) electrons. The summed E-state index contributed by atoms with van der Waals surface area (Å²) in [6, 6.07) is 0.808. The first-order valence-corrected chi connectivity index (χ1v) is 6.06. The summed E-state index contributed by atoms with van der Waals surface area (Å²) in [5.74, 6) is 0.950. The Bertz CT molecular complexity index is 135. The molecule has 0 bridgehead atoms. The van der Waals surface area contributed by atoms with Gasteiger partial charge in [-0.05, 0) is 38.6 Å². The number of halogens is 1. The van der Waals surface area contributed by atoms with Crippen molar-refractivity contribution in [3.8, 4) is 0 Å². The van der Waals surface area contributed by atoms with Gasteiger partial charge in [-0.3, -0.25) is 0 Å². The average molecular weight is 297 g/mol. The van der Waals surface area contributed by atoms with Crippen molar-refractivity contribution in [2.45, 2.75) is 38.6 Å². The van der Waals surface area contributed by atoms with Crippen LogP contribution in [0.5, 0.6) is 0 Å². The summed E-state index contributed by atoms with van der Waals surface area (Å²) >= 11 is 1.97. The molecule has 1 rings (SSSR count).